The van der Waals surface area contributed by atoms with E-state index in [1.807, 2.05) is 0 Å². The molecule has 0 aromatic heterocycles. The van der Waals surface area contributed by atoms with E-state index in [0.29, 0.717) is 36.0 Å². The number of non-ortho nitro benzene ring substituents is 1. The number of ether oxygens (including phenoxy) is 2. The van der Waals surface area contributed by atoms with Crippen LogP contribution in [0.5, 0.6) is 5.75 Å². The average Bonchev–Trinajstić information content (AvgIpc) is 2.41. The van der Waals surface area contributed by atoms with Crippen LogP contribution in [0.1, 0.15) is 5.56 Å². The third kappa shape index (κ3) is 5.56. The van der Waals surface area contributed by atoms with Gasteiger partial charge in [0.15, 0.2) is 0 Å². The highest BCUT2D eigenvalue weighted by molar-refractivity contribution is 6.29. The fourth-order valence-electron chi connectivity index (χ4n) is 1.51. The van der Waals surface area contributed by atoms with Crippen molar-refractivity contribution in [3.63, 3.8) is 0 Å². The van der Waals surface area contributed by atoms with E-state index in [-0.39, 0.29) is 12.3 Å². The summed E-state index contributed by atoms with van der Waals surface area (Å²) in [4.78, 5) is 10.4. The minimum atomic E-state index is -0.442. The van der Waals surface area contributed by atoms with E-state index in [4.69, 9.17) is 21.1 Å². The van der Waals surface area contributed by atoms with Gasteiger partial charge < -0.3 is 14.8 Å². The molecule has 110 valence electrons. The van der Waals surface area contributed by atoms with Gasteiger partial charge in [0.25, 0.3) is 5.69 Å². The standard InChI is InChI=1S/C13H17ClN2O4/c1-10(14)9-20-13-4-3-12(16(17)18)7-11(13)8-15-5-6-19-2/h3-4,7,15H,1,5-6,8-9H2,2H3. The Labute approximate surface area is 122 Å². The Morgan fingerprint density at radius 3 is 2.90 bits per heavy atom. The number of benzene rings is 1. The zero-order chi connectivity index (χ0) is 15.0. The van der Waals surface area contributed by atoms with Crippen LogP contribution in [-0.2, 0) is 11.3 Å². The molecule has 0 radical (unpaired) electrons. The number of nitro benzene ring substituents is 1. The number of nitrogens with zero attached hydrogens (tertiary/aromatic N) is 1. The van der Waals surface area contributed by atoms with Gasteiger partial charge in [-0.2, -0.15) is 0 Å². The van der Waals surface area contributed by atoms with Gasteiger partial charge in [-0.15, -0.1) is 0 Å². The lowest BCUT2D eigenvalue weighted by molar-refractivity contribution is -0.384. The summed E-state index contributed by atoms with van der Waals surface area (Å²) in [6.45, 7) is 5.33. The maximum absolute atomic E-state index is 10.8. The predicted octanol–water partition coefficient (Wildman–Crippen LogP) is 2.46. The van der Waals surface area contributed by atoms with Gasteiger partial charge in [-0.25, -0.2) is 0 Å². The quantitative estimate of drug-likeness (QED) is 0.431. The molecule has 0 unspecified atom stereocenters. The van der Waals surface area contributed by atoms with Crippen LogP contribution < -0.4 is 10.1 Å². The van der Waals surface area contributed by atoms with Crippen LogP contribution >= 0.6 is 11.6 Å². The molecule has 7 heteroatoms. The van der Waals surface area contributed by atoms with Crippen molar-refractivity contribution < 1.29 is 14.4 Å². The van der Waals surface area contributed by atoms with Gasteiger partial charge in [-0.1, -0.05) is 18.2 Å². The lowest BCUT2D eigenvalue weighted by Gasteiger charge is -2.11. The molecule has 1 aromatic carbocycles. The topological polar surface area (TPSA) is 73.6 Å². The zero-order valence-electron chi connectivity index (χ0n) is 11.2. The average molecular weight is 301 g/mol. The normalized spacial score (nSPS) is 10.3. The lowest BCUT2D eigenvalue weighted by atomic mass is 10.1. The van der Waals surface area contributed by atoms with Crippen LogP contribution in [0.15, 0.2) is 29.8 Å². The molecule has 0 aliphatic rings. The Balaban J connectivity index is 2.79. The molecule has 0 fully saturated rings. The number of nitrogens with one attached hydrogen (secondary N) is 1. The first-order valence-corrected chi connectivity index (χ1v) is 6.35. The number of nitro groups is 1. The first-order chi connectivity index (χ1) is 9.54. The summed E-state index contributed by atoms with van der Waals surface area (Å²) in [5, 5.41) is 14.3. The molecule has 0 saturated heterocycles. The monoisotopic (exact) mass is 300 g/mol. The molecule has 20 heavy (non-hydrogen) atoms. The third-order valence-corrected chi connectivity index (χ3v) is 2.55. The first kappa shape index (κ1) is 16.4. The van der Waals surface area contributed by atoms with Crippen LogP contribution in [0.3, 0.4) is 0 Å². The second-order valence-electron chi connectivity index (χ2n) is 4.02. The predicted molar refractivity (Wildman–Crippen MR) is 77.2 cm³/mol. The second kappa shape index (κ2) is 8.52. The number of halogens is 1. The van der Waals surface area contributed by atoms with Gasteiger partial charge in [0.2, 0.25) is 0 Å². The first-order valence-electron chi connectivity index (χ1n) is 5.97. The fraction of sp³-hybridized carbons (Fsp3) is 0.385. The fourth-order valence-corrected chi connectivity index (χ4v) is 1.57. The van der Waals surface area contributed by atoms with Crippen LogP contribution in [0.4, 0.5) is 5.69 Å². The Hall–Kier alpha value is -1.63. The summed E-state index contributed by atoms with van der Waals surface area (Å²) < 4.78 is 10.4. The van der Waals surface area contributed by atoms with Crippen LogP contribution in [-0.4, -0.2) is 31.8 Å². The van der Waals surface area contributed by atoms with E-state index in [9.17, 15) is 10.1 Å². The van der Waals surface area contributed by atoms with Gasteiger partial charge in [-0.3, -0.25) is 10.1 Å². The summed E-state index contributed by atoms with van der Waals surface area (Å²) in [6.07, 6.45) is 0. The molecular formula is C13H17ClN2O4. The minimum absolute atomic E-state index is 0.0191. The van der Waals surface area contributed by atoms with Crippen molar-refractivity contribution in [1.82, 2.24) is 5.32 Å². The molecule has 1 N–H and O–H groups in total. The Morgan fingerprint density at radius 2 is 2.30 bits per heavy atom. The molecule has 0 atom stereocenters. The van der Waals surface area contributed by atoms with Crippen molar-refractivity contribution in [2.45, 2.75) is 6.54 Å². The summed E-state index contributed by atoms with van der Waals surface area (Å²) in [7, 11) is 1.61. The summed E-state index contributed by atoms with van der Waals surface area (Å²) in [6, 6.07) is 4.43. The zero-order valence-corrected chi connectivity index (χ0v) is 12.0. The Kier molecular flexibility index (Phi) is 7.00. The summed E-state index contributed by atoms with van der Waals surface area (Å²) >= 11 is 5.65. The third-order valence-electron chi connectivity index (χ3n) is 2.44. The maximum atomic E-state index is 10.8. The molecule has 0 aliphatic heterocycles. The van der Waals surface area contributed by atoms with E-state index in [1.165, 1.54) is 12.1 Å². The number of methoxy groups -OCH3 is 1. The van der Waals surface area contributed by atoms with Crippen LogP contribution in [0.2, 0.25) is 0 Å². The highest BCUT2D eigenvalue weighted by Gasteiger charge is 2.11. The van der Waals surface area contributed by atoms with Crippen molar-refractivity contribution in [3.8, 4) is 5.75 Å². The molecule has 0 bridgehead atoms. The van der Waals surface area contributed by atoms with Crippen molar-refractivity contribution in [2.75, 3.05) is 26.9 Å². The number of hydrogen-bond acceptors (Lipinski definition) is 5. The SMILES string of the molecule is C=C(Cl)COc1ccc([N+](=O)[O-])cc1CNCCOC. The van der Waals surface area contributed by atoms with E-state index < -0.39 is 4.92 Å². The van der Waals surface area contributed by atoms with E-state index >= 15 is 0 Å². The molecule has 0 heterocycles. The largest absolute Gasteiger partial charge is 0.488 e. The maximum Gasteiger partial charge on any atom is 0.270 e. The second-order valence-corrected chi connectivity index (χ2v) is 4.56. The van der Waals surface area contributed by atoms with E-state index in [1.54, 1.807) is 13.2 Å². The van der Waals surface area contributed by atoms with Crippen molar-refractivity contribution >= 4 is 17.3 Å². The van der Waals surface area contributed by atoms with E-state index in [2.05, 4.69) is 11.9 Å². The van der Waals surface area contributed by atoms with Gasteiger partial charge in [0.1, 0.15) is 12.4 Å². The smallest absolute Gasteiger partial charge is 0.270 e. The van der Waals surface area contributed by atoms with Gasteiger partial charge in [-0.05, 0) is 6.07 Å². The molecule has 0 saturated carbocycles. The Morgan fingerprint density at radius 1 is 1.55 bits per heavy atom. The molecule has 0 aliphatic carbocycles. The molecule has 6 nitrogen and oxygen atoms in total. The van der Waals surface area contributed by atoms with Gasteiger partial charge in [0, 0.05) is 42.9 Å². The van der Waals surface area contributed by atoms with Crippen molar-refractivity contribution in [1.29, 1.82) is 0 Å². The Bertz CT molecular complexity index is 479. The lowest BCUT2D eigenvalue weighted by Crippen LogP contribution is -2.19. The van der Waals surface area contributed by atoms with E-state index in [0.717, 1.165) is 0 Å². The molecule has 1 rings (SSSR count). The summed E-state index contributed by atoms with van der Waals surface area (Å²) in [5.41, 5.74) is 0.707. The highest BCUT2D eigenvalue weighted by Crippen LogP contribution is 2.24. The number of hydrogen-bond donors (Lipinski definition) is 1. The molecular weight excluding hydrogens is 284 g/mol. The van der Waals surface area contributed by atoms with Gasteiger partial charge in [0.05, 0.1) is 11.5 Å². The number of rotatable bonds is 9. The highest BCUT2D eigenvalue weighted by atomic mass is 35.5. The molecule has 0 spiro atoms. The molecule has 0 amide bonds. The minimum Gasteiger partial charge on any atom is -0.488 e. The van der Waals surface area contributed by atoms with Crippen LogP contribution in [0, 0.1) is 10.1 Å². The summed E-state index contributed by atoms with van der Waals surface area (Å²) in [5.74, 6) is 0.544. The van der Waals surface area contributed by atoms with Crippen LogP contribution in [0.25, 0.3) is 0 Å². The van der Waals surface area contributed by atoms with Gasteiger partial charge >= 0.3 is 0 Å². The van der Waals surface area contributed by atoms with Crippen molar-refractivity contribution in [2.24, 2.45) is 0 Å². The van der Waals surface area contributed by atoms with Crippen molar-refractivity contribution in [3.05, 3.63) is 45.5 Å². The molecule has 1 aromatic rings.